The molecule has 1 aromatic carbocycles. The molecule has 3 rings (SSSR count). The molecule has 2 aromatic rings. The molecular weight excluding hydrogens is 282 g/mol. The summed E-state index contributed by atoms with van der Waals surface area (Å²) >= 11 is 0. The Morgan fingerprint density at radius 3 is 2.50 bits per heavy atom. The van der Waals surface area contributed by atoms with E-state index in [2.05, 4.69) is 4.98 Å². The molecule has 114 valence electrons. The average molecular weight is 299 g/mol. The fourth-order valence-electron chi connectivity index (χ4n) is 2.45. The number of aromatic nitrogens is 1. The number of para-hydroxylation sites is 2. The maximum absolute atomic E-state index is 12.1. The van der Waals surface area contributed by atoms with Crippen molar-refractivity contribution in [2.24, 2.45) is 0 Å². The van der Waals surface area contributed by atoms with Crippen LogP contribution in [0.2, 0.25) is 0 Å². The molecule has 1 saturated heterocycles. The second kappa shape index (κ2) is 6.01. The summed E-state index contributed by atoms with van der Waals surface area (Å²) in [6.45, 7) is 3.81. The lowest BCUT2D eigenvalue weighted by Gasteiger charge is -2.33. The van der Waals surface area contributed by atoms with Crippen LogP contribution in [0.3, 0.4) is 0 Å². The Balaban J connectivity index is 1.63. The van der Waals surface area contributed by atoms with Crippen molar-refractivity contribution in [3.8, 4) is 0 Å². The van der Waals surface area contributed by atoms with Crippen molar-refractivity contribution in [3.63, 3.8) is 0 Å². The topological polar surface area (TPSA) is 66.7 Å². The minimum absolute atomic E-state index is 0.0501. The quantitative estimate of drug-likeness (QED) is 0.789. The zero-order valence-corrected chi connectivity index (χ0v) is 12.4. The molecule has 0 N–H and O–H groups in total. The zero-order valence-electron chi connectivity index (χ0n) is 12.4. The monoisotopic (exact) mass is 299 g/mol. The predicted molar refractivity (Wildman–Crippen MR) is 81.9 cm³/mol. The first kappa shape index (κ1) is 14.3. The minimum Gasteiger partial charge on any atom is -0.437 e. The van der Waals surface area contributed by atoms with E-state index in [9.17, 15) is 9.59 Å². The van der Waals surface area contributed by atoms with Gasteiger partial charge < -0.3 is 14.2 Å². The number of oxazole rings is 1. The van der Waals surface area contributed by atoms with E-state index in [-0.39, 0.29) is 11.8 Å². The molecule has 6 nitrogen and oxygen atoms in total. The van der Waals surface area contributed by atoms with Crippen LogP contribution in [0.25, 0.3) is 17.2 Å². The summed E-state index contributed by atoms with van der Waals surface area (Å²) in [7, 11) is 0. The third-order valence-electron chi connectivity index (χ3n) is 3.72. The summed E-state index contributed by atoms with van der Waals surface area (Å²) in [5.41, 5.74) is 1.47. The van der Waals surface area contributed by atoms with Gasteiger partial charge in [0.1, 0.15) is 5.52 Å². The molecule has 1 fully saturated rings. The first-order valence-corrected chi connectivity index (χ1v) is 7.21. The zero-order chi connectivity index (χ0) is 15.5. The smallest absolute Gasteiger partial charge is 0.246 e. The first-order chi connectivity index (χ1) is 10.6. The molecule has 0 saturated carbocycles. The summed E-state index contributed by atoms with van der Waals surface area (Å²) in [5, 5.41) is 0. The van der Waals surface area contributed by atoms with Crippen LogP contribution in [0.4, 0.5) is 0 Å². The number of nitrogens with zero attached hydrogens (tertiary/aromatic N) is 3. The number of fused-ring (bicyclic) bond motifs is 1. The Morgan fingerprint density at radius 2 is 1.82 bits per heavy atom. The standard InChI is InChI=1S/C16H17N3O3/c1-12(20)18-8-10-19(11-9-18)16(21)7-6-15-17-13-4-2-3-5-14(13)22-15/h2-7H,8-11H2,1H3/b7-6+. The SMILES string of the molecule is CC(=O)N1CCN(C(=O)/C=C/c2nc3ccccc3o2)CC1. The lowest BCUT2D eigenvalue weighted by atomic mass is 10.3. The van der Waals surface area contributed by atoms with Crippen molar-refractivity contribution in [1.29, 1.82) is 0 Å². The summed E-state index contributed by atoms with van der Waals surface area (Å²) in [4.78, 5) is 31.1. The van der Waals surface area contributed by atoms with E-state index in [1.165, 1.54) is 6.08 Å². The molecular formula is C16H17N3O3. The van der Waals surface area contributed by atoms with E-state index >= 15 is 0 Å². The van der Waals surface area contributed by atoms with Gasteiger partial charge in [0.05, 0.1) is 0 Å². The third-order valence-corrected chi connectivity index (χ3v) is 3.72. The van der Waals surface area contributed by atoms with Crippen LogP contribution in [0.5, 0.6) is 0 Å². The van der Waals surface area contributed by atoms with Gasteiger partial charge in [-0.25, -0.2) is 4.98 Å². The van der Waals surface area contributed by atoms with Gasteiger partial charge in [-0.15, -0.1) is 0 Å². The molecule has 1 aliphatic rings. The van der Waals surface area contributed by atoms with Gasteiger partial charge in [-0.3, -0.25) is 9.59 Å². The van der Waals surface area contributed by atoms with Gasteiger partial charge in [0.2, 0.25) is 17.7 Å². The van der Waals surface area contributed by atoms with Crippen LogP contribution in [0.15, 0.2) is 34.8 Å². The maximum atomic E-state index is 12.1. The van der Waals surface area contributed by atoms with Gasteiger partial charge in [-0.05, 0) is 12.1 Å². The highest BCUT2D eigenvalue weighted by molar-refractivity contribution is 5.91. The number of benzene rings is 1. The van der Waals surface area contributed by atoms with Crippen LogP contribution in [-0.4, -0.2) is 52.8 Å². The molecule has 6 heteroatoms. The van der Waals surface area contributed by atoms with E-state index in [4.69, 9.17) is 4.42 Å². The fourth-order valence-corrected chi connectivity index (χ4v) is 2.45. The maximum Gasteiger partial charge on any atom is 0.246 e. The summed E-state index contributed by atoms with van der Waals surface area (Å²) in [5.74, 6) is 0.372. The molecule has 0 radical (unpaired) electrons. The van der Waals surface area contributed by atoms with Gasteiger partial charge in [0, 0.05) is 45.3 Å². The van der Waals surface area contributed by atoms with Gasteiger partial charge in [-0.1, -0.05) is 12.1 Å². The number of amides is 2. The fraction of sp³-hybridized carbons (Fsp3) is 0.312. The lowest BCUT2D eigenvalue weighted by molar-refractivity contribution is -0.135. The van der Waals surface area contributed by atoms with Crippen molar-refractivity contribution in [3.05, 3.63) is 36.2 Å². The Kier molecular flexibility index (Phi) is 3.91. The van der Waals surface area contributed by atoms with Crippen molar-refractivity contribution in [1.82, 2.24) is 14.8 Å². The minimum atomic E-state index is -0.0922. The number of rotatable bonds is 2. The molecule has 0 spiro atoms. The molecule has 0 bridgehead atoms. The van der Waals surface area contributed by atoms with E-state index in [0.717, 1.165) is 5.52 Å². The average Bonchev–Trinajstić information content (AvgIpc) is 2.95. The number of hydrogen-bond acceptors (Lipinski definition) is 4. The second-order valence-corrected chi connectivity index (χ2v) is 5.18. The Hall–Kier alpha value is -2.63. The summed E-state index contributed by atoms with van der Waals surface area (Å²) in [6, 6.07) is 7.46. The highest BCUT2D eigenvalue weighted by Crippen LogP contribution is 2.15. The molecule has 0 atom stereocenters. The van der Waals surface area contributed by atoms with E-state index in [1.807, 2.05) is 24.3 Å². The van der Waals surface area contributed by atoms with Crippen LogP contribution in [0, 0.1) is 0 Å². The molecule has 22 heavy (non-hydrogen) atoms. The van der Waals surface area contributed by atoms with Crippen LogP contribution in [-0.2, 0) is 9.59 Å². The largest absolute Gasteiger partial charge is 0.437 e. The summed E-state index contributed by atoms with van der Waals surface area (Å²) in [6.07, 6.45) is 3.05. The highest BCUT2D eigenvalue weighted by Gasteiger charge is 2.20. The molecule has 0 aliphatic carbocycles. The van der Waals surface area contributed by atoms with Gasteiger partial charge in [0.15, 0.2) is 5.58 Å². The Labute approximate surface area is 128 Å². The third kappa shape index (κ3) is 3.00. The van der Waals surface area contributed by atoms with Crippen LogP contribution >= 0.6 is 0 Å². The molecule has 0 unspecified atom stereocenters. The van der Waals surface area contributed by atoms with Crippen molar-refractivity contribution >= 4 is 29.0 Å². The Bertz CT molecular complexity index is 694. The molecule has 1 aliphatic heterocycles. The van der Waals surface area contributed by atoms with E-state index < -0.39 is 0 Å². The van der Waals surface area contributed by atoms with Crippen molar-refractivity contribution in [2.45, 2.75) is 6.92 Å². The lowest BCUT2D eigenvalue weighted by Crippen LogP contribution is -2.49. The Morgan fingerprint density at radius 1 is 1.14 bits per heavy atom. The highest BCUT2D eigenvalue weighted by atomic mass is 16.3. The normalized spacial score (nSPS) is 15.7. The predicted octanol–water partition coefficient (Wildman–Crippen LogP) is 1.53. The second-order valence-electron chi connectivity index (χ2n) is 5.18. The molecule has 2 amide bonds. The first-order valence-electron chi connectivity index (χ1n) is 7.21. The van der Waals surface area contributed by atoms with Crippen LogP contribution < -0.4 is 0 Å². The summed E-state index contributed by atoms with van der Waals surface area (Å²) < 4.78 is 5.53. The van der Waals surface area contributed by atoms with Crippen molar-refractivity contribution in [2.75, 3.05) is 26.2 Å². The van der Waals surface area contributed by atoms with E-state index in [1.54, 1.807) is 22.8 Å². The number of piperazine rings is 1. The number of hydrogen-bond donors (Lipinski definition) is 0. The molecule has 2 heterocycles. The van der Waals surface area contributed by atoms with Crippen molar-refractivity contribution < 1.29 is 14.0 Å². The molecule has 1 aromatic heterocycles. The van der Waals surface area contributed by atoms with Crippen LogP contribution in [0.1, 0.15) is 12.8 Å². The number of carbonyl (C=O) groups is 2. The van der Waals surface area contributed by atoms with Gasteiger partial charge >= 0.3 is 0 Å². The van der Waals surface area contributed by atoms with Gasteiger partial charge in [-0.2, -0.15) is 0 Å². The van der Waals surface area contributed by atoms with E-state index in [0.29, 0.717) is 37.7 Å². The number of carbonyl (C=O) groups excluding carboxylic acids is 2. The van der Waals surface area contributed by atoms with Gasteiger partial charge in [0.25, 0.3) is 0 Å².